The summed E-state index contributed by atoms with van der Waals surface area (Å²) in [6, 6.07) is 6.15. The van der Waals surface area contributed by atoms with Crippen molar-refractivity contribution in [1.82, 2.24) is 0 Å². The molecule has 0 aliphatic carbocycles. The lowest BCUT2D eigenvalue weighted by atomic mass is 10.2. The number of rotatable bonds is 2. The molecule has 1 rings (SSSR count). The second-order valence-corrected chi connectivity index (χ2v) is 2.58. The summed E-state index contributed by atoms with van der Waals surface area (Å²) < 4.78 is 36.7. The number of hydrogen-bond acceptors (Lipinski definition) is 3. The van der Waals surface area contributed by atoms with Gasteiger partial charge in [0.15, 0.2) is 0 Å². The van der Waals surface area contributed by atoms with Crippen LogP contribution in [0.5, 0.6) is 0 Å². The Hall–Kier alpha value is -2.03. The lowest BCUT2D eigenvalue weighted by molar-refractivity contribution is -0.137. The Kier molecular flexibility index (Phi) is 3.29. The summed E-state index contributed by atoms with van der Waals surface area (Å²) in [6.07, 6.45) is -3.49. The van der Waals surface area contributed by atoms with E-state index in [0.717, 1.165) is 18.3 Å². The summed E-state index contributed by atoms with van der Waals surface area (Å²) in [5, 5.41) is 11.5. The Labute approximate surface area is 83.8 Å². The maximum atomic E-state index is 12.2. The van der Waals surface area contributed by atoms with E-state index in [1.54, 1.807) is 6.07 Å². The topological polar surface area (TPSA) is 48.2 Å². The van der Waals surface area contributed by atoms with Crippen molar-refractivity contribution in [2.24, 2.45) is 5.10 Å². The van der Waals surface area contributed by atoms with Gasteiger partial charge in [0.1, 0.15) is 12.3 Å². The van der Waals surface area contributed by atoms with E-state index in [4.69, 9.17) is 5.26 Å². The second-order valence-electron chi connectivity index (χ2n) is 2.58. The molecule has 6 heteroatoms. The molecule has 0 saturated heterocycles. The van der Waals surface area contributed by atoms with Crippen LogP contribution < -0.4 is 5.43 Å². The second kappa shape index (κ2) is 4.46. The molecule has 15 heavy (non-hydrogen) atoms. The number of nitrogens with zero attached hydrogens (tertiary/aromatic N) is 2. The molecule has 0 unspecified atom stereocenters. The van der Waals surface area contributed by atoms with Gasteiger partial charge in [-0.3, -0.25) is 5.43 Å². The summed E-state index contributed by atoms with van der Waals surface area (Å²) in [4.78, 5) is 0. The van der Waals surface area contributed by atoms with Gasteiger partial charge in [0.25, 0.3) is 0 Å². The Morgan fingerprint density at radius 2 is 2.13 bits per heavy atom. The molecule has 0 fully saturated rings. The average Bonchev–Trinajstić information content (AvgIpc) is 2.17. The van der Waals surface area contributed by atoms with Crippen molar-refractivity contribution < 1.29 is 13.2 Å². The van der Waals surface area contributed by atoms with E-state index in [0.29, 0.717) is 0 Å². The summed E-state index contributed by atoms with van der Waals surface area (Å²) in [5.74, 6) is 0. The van der Waals surface area contributed by atoms with Crippen LogP contribution in [0.15, 0.2) is 29.4 Å². The van der Waals surface area contributed by atoms with Gasteiger partial charge in [-0.05, 0) is 18.2 Å². The molecule has 1 aromatic carbocycles. The first-order valence-electron chi connectivity index (χ1n) is 3.88. The Bertz CT molecular complexity index is 404. The zero-order valence-corrected chi connectivity index (χ0v) is 7.42. The minimum atomic E-state index is -4.38. The smallest absolute Gasteiger partial charge is 0.278 e. The third-order valence-electron chi connectivity index (χ3n) is 1.51. The molecule has 0 aromatic heterocycles. The van der Waals surface area contributed by atoms with Gasteiger partial charge in [0, 0.05) is 0 Å². The minimum absolute atomic E-state index is 0.177. The molecule has 0 spiro atoms. The van der Waals surface area contributed by atoms with Gasteiger partial charge in [0.2, 0.25) is 0 Å². The molecule has 0 atom stereocenters. The van der Waals surface area contributed by atoms with Crippen LogP contribution in [0.1, 0.15) is 5.56 Å². The number of hydrogen-bond donors (Lipinski definition) is 1. The predicted octanol–water partition coefficient (Wildman–Crippen LogP) is 2.63. The number of nitriles is 1. The third kappa shape index (κ3) is 3.31. The van der Waals surface area contributed by atoms with Crippen LogP contribution in [-0.2, 0) is 6.18 Å². The van der Waals surface area contributed by atoms with E-state index in [2.05, 4.69) is 10.5 Å². The molecule has 0 saturated carbocycles. The monoisotopic (exact) mass is 213 g/mol. The lowest BCUT2D eigenvalue weighted by Crippen LogP contribution is -2.05. The number of alkyl halides is 3. The number of hydrazone groups is 1. The van der Waals surface area contributed by atoms with Crippen LogP contribution in [0.25, 0.3) is 0 Å². The van der Waals surface area contributed by atoms with Crippen molar-refractivity contribution in [3.05, 3.63) is 29.8 Å². The highest BCUT2D eigenvalue weighted by Gasteiger charge is 2.30. The van der Waals surface area contributed by atoms with E-state index >= 15 is 0 Å². The molecule has 0 amide bonds. The Balaban J connectivity index is 2.85. The minimum Gasteiger partial charge on any atom is -0.278 e. The summed E-state index contributed by atoms with van der Waals surface area (Å²) in [6.45, 7) is 0. The Morgan fingerprint density at radius 3 is 2.73 bits per heavy atom. The standard InChI is InChI=1S/C9H6F3N3/c10-9(11,12)7-2-1-3-8(6-7)15-14-5-4-13/h1-3,5-6,15H/b14-5+. The number of anilines is 1. The fraction of sp³-hybridized carbons (Fsp3) is 0.111. The number of benzene rings is 1. The van der Waals surface area contributed by atoms with Gasteiger partial charge >= 0.3 is 6.18 Å². The molecule has 78 valence electrons. The van der Waals surface area contributed by atoms with Gasteiger partial charge in [-0.25, -0.2) is 0 Å². The largest absolute Gasteiger partial charge is 0.416 e. The van der Waals surface area contributed by atoms with Crippen LogP contribution >= 0.6 is 0 Å². The van der Waals surface area contributed by atoms with E-state index < -0.39 is 11.7 Å². The van der Waals surface area contributed by atoms with Crippen molar-refractivity contribution in [2.75, 3.05) is 5.43 Å². The van der Waals surface area contributed by atoms with Crippen LogP contribution in [0.2, 0.25) is 0 Å². The van der Waals surface area contributed by atoms with Gasteiger partial charge in [0.05, 0.1) is 11.3 Å². The van der Waals surface area contributed by atoms with Gasteiger partial charge in [-0.2, -0.15) is 23.5 Å². The van der Waals surface area contributed by atoms with E-state index in [-0.39, 0.29) is 5.69 Å². The quantitative estimate of drug-likeness (QED) is 0.606. The fourth-order valence-electron chi connectivity index (χ4n) is 0.901. The van der Waals surface area contributed by atoms with Crippen molar-refractivity contribution in [1.29, 1.82) is 5.26 Å². The lowest BCUT2D eigenvalue weighted by Gasteiger charge is -2.07. The first-order valence-corrected chi connectivity index (χ1v) is 3.88. The zero-order valence-electron chi connectivity index (χ0n) is 7.42. The average molecular weight is 213 g/mol. The molecule has 0 aliphatic heterocycles. The van der Waals surface area contributed by atoms with Gasteiger partial charge in [-0.15, -0.1) is 0 Å². The van der Waals surface area contributed by atoms with Crippen LogP contribution in [-0.4, -0.2) is 6.21 Å². The van der Waals surface area contributed by atoms with Crippen LogP contribution in [0, 0.1) is 11.3 Å². The molecule has 1 aromatic rings. The molecular formula is C9H6F3N3. The van der Waals surface area contributed by atoms with Crippen LogP contribution in [0.4, 0.5) is 18.9 Å². The first kappa shape index (κ1) is 11.0. The highest BCUT2D eigenvalue weighted by molar-refractivity contribution is 5.75. The third-order valence-corrected chi connectivity index (χ3v) is 1.51. The summed E-state index contributed by atoms with van der Waals surface area (Å²) >= 11 is 0. The number of nitrogens with one attached hydrogen (secondary N) is 1. The molecule has 0 radical (unpaired) electrons. The van der Waals surface area contributed by atoms with E-state index in [9.17, 15) is 13.2 Å². The summed E-state index contributed by atoms with van der Waals surface area (Å²) in [5.41, 5.74) is 1.72. The normalized spacial score (nSPS) is 11.3. The van der Waals surface area contributed by atoms with Gasteiger partial charge in [-0.1, -0.05) is 6.07 Å². The molecule has 1 N–H and O–H groups in total. The molecular weight excluding hydrogens is 207 g/mol. The maximum Gasteiger partial charge on any atom is 0.416 e. The predicted molar refractivity (Wildman–Crippen MR) is 49.2 cm³/mol. The van der Waals surface area contributed by atoms with Crippen molar-refractivity contribution >= 4 is 11.9 Å². The van der Waals surface area contributed by atoms with Crippen LogP contribution in [0.3, 0.4) is 0 Å². The molecule has 0 bridgehead atoms. The number of halogens is 3. The zero-order chi connectivity index (χ0) is 11.3. The van der Waals surface area contributed by atoms with E-state index in [1.807, 2.05) is 0 Å². The van der Waals surface area contributed by atoms with Crippen molar-refractivity contribution in [2.45, 2.75) is 6.18 Å². The molecule has 3 nitrogen and oxygen atoms in total. The SMILES string of the molecule is N#C/C=N/Nc1cccc(C(F)(F)F)c1. The molecule has 0 heterocycles. The highest BCUT2D eigenvalue weighted by Crippen LogP contribution is 2.30. The highest BCUT2D eigenvalue weighted by atomic mass is 19.4. The fourth-order valence-corrected chi connectivity index (χ4v) is 0.901. The first-order chi connectivity index (χ1) is 7.04. The molecule has 0 aliphatic rings. The summed E-state index contributed by atoms with van der Waals surface area (Å²) in [7, 11) is 0. The Morgan fingerprint density at radius 1 is 1.40 bits per heavy atom. The van der Waals surface area contributed by atoms with E-state index in [1.165, 1.54) is 12.1 Å². The van der Waals surface area contributed by atoms with Gasteiger partial charge < -0.3 is 0 Å². The van der Waals surface area contributed by atoms with Crippen molar-refractivity contribution in [3.8, 4) is 6.07 Å². The van der Waals surface area contributed by atoms with Crippen molar-refractivity contribution in [3.63, 3.8) is 0 Å². The maximum absolute atomic E-state index is 12.2.